The minimum atomic E-state index is -0.587. The number of nitrogens with zero attached hydrogens (tertiary/aromatic N) is 2. The summed E-state index contributed by atoms with van der Waals surface area (Å²) in [6, 6.07) is 5.87. The molecule has 3 rings (SSSR count). The van der Waals surface area contributed by atoms with Gasteiger partial charge >= 0.3 is 11.8 Å². The zero-order chi connectivity index (χ0) is 14.7. The predicted molar refractivity (Wildman–Crippen MR) is 78.9 cm³/mol. The molecule has 1 fully saturated rings. The van der Waals surface area contributed by atoms with Crippen molar-refractivity contribution in [3.05, 3.63) is 40.8 Å². The lowest BCUT2D eigenvalue weighted by atomic mass is 10.2. The maximum atomic E-state index is 11.8. The Bertz CT molecular complexity index is 571. The fourth-order valence-corrected chi connectivity index (χ4v) is 2.84. The van der Waals surface area contributed by atoms with Gasteiger partial charge in [0.05, 0.1) is 0 Å². The number of hydrogen-bond donors (Lipinski definition) is 2. The molecule has 0 spiro atoms. The molecule has 0 aromatic carbocycles. The van der Waals surface area contributed by atoms with E-state index in [9.17, 15) is 9.59 Å². The van der Waals surface area contributed by atoms with Crippen molar-refractivity contribution in [2.45, 2.75) is 24.9 Å². The summed E-state index contributed by atoms with van der Waals surface area (Å²) in [4.78, 5) is 24.5. The van der Waals surface area contributed by atoms with Gasteiger partial charge in [-0.15, -0.1) is 11.3 Å². The molecule has 1 unspecified atom stereocenters. The van der Waals surface area contributed by atoms with E-state index in [1.807, 2.05) is 29.8 Å². The van der Waals surface area contributed by atoms with Crippen LogP contribution in [0.2, 0.25) is 0 Å². The lowest BCUT2D eigenvalue weighted by Gasteiger charge is -2.16. The third kappa shape index (κ3) is 3.49. The van der Waals surface area contributed by atoms with Gasteiger partial charge in [0.1, 0.15) is 6.04 Å². The van der Waals surface area contributed by atoms with E-state index in [1.54, 1.807) is 22.2 Å². The van der Waals surface area contributed by atoms with Gasteiger partial charge in [-0.3, -0.25) is 14.3 Å². The van der Waals surface area contributed by atoms with Gasteiger partial charge in [-0.25, -0.2) is 0 Å². The molecule has 0 bridgehead atoms. The molecule has 1 saturated carbocycles. The van der Waals surface area contributed by atoms with Crippen molar-refractivity contribution >= 4 is 23.2 Å². The van der Waals surface area contributed by atoms with Crippen molar-refractivity contribution in [2.24, 2.45) is 0 Å². The Hall–Kier alpha value is -2.15. The minimum Gasteiger partial charge on any atom is -0.345 e. The number of aromatic nitrogens is 2. The number of thiophene rings is 1. The molecular weight excluding hydrogens is 288 g/mol. The highest BCUT2D eigenvalue weighted by Crippen LogP contribution is 2.22. The Balaban J connectivity index is 1.62. The molecule has 2 amide bonds. The van der Waals surface area contributed by atoms with E-state index in [0.29, 0.717) is 6.54 Å². The summed E-state index contributed by atoms with van der Waals surface area (Å²) >= 11 is 1.60. The molecule has 2 N–H and O–H groups in total. The van der Waals surface area contributed by atoms with Gasteiger partial charge in [-0.2, -0.15) is 5.10 Å². The minimum absolute atomic E-state index is 0.0994. The van der Waals surface area contributed by atoms with Gasteiger partial charge < -0.3 is 10.6 Å². The second-order valence-electron chi connectivity index (χ2n) is 4.98. The Morgan fingerprint density at radius 1 is 1.38 bits per heavy atom. The van der Waals surface area contributed by atoms with Gasteiger partial charge in [0, 0.05) is 29.9 Å². The van der Waals surface area contributed by atoms with Crippen LogP contribution >= 0.6 is 11.3 Å². The van der Waals surface area contributed by atoms with Crippen LogP contribution in [0, 0.1) is 0 Å². The average Bonchev–Trinajstić information content (AvgIpc) is 2.99. The van der Waals surface area contributed by atoms with Crippen LogP contribution in [0.4, 0.5) is 0 Å². The van der Waals surface area contributed by atoms with Gasteiger partial charge in [-0.05, 0) is 30.4 Å². The van der Waals surface area contributed by atoms with E-state index in [2.05, 4.69) is 15.7 Å². The van der Waals surface area contributed by atoms with E-state index < -0.39 is 11.8 Å². The number of rotatable bonds is 5. The first-order valence-electron chi connectivity index (χ1n) is 6.85. The van der Waals surface area contributed by atoms with E-state index in [1.165, 1.54) is 0 Å². The third-order valence-electron chi connectivity index (χ3n) is 3.29. The lowest BCUT2D eigenvalue weighted by molar-refractivity contribution is -0.139. The van der Waals surface area contributed by atoms with Gasteiger partial charge in [0.2, 0.25) is 0 Å². The maximum absolute atomic E-state index is 11.8. The average molecular weight is 304 g/mol. The standard InChI is InChI=1S/C14H16N4O2S/c19-13(14(20)17-10-4-5-10)15-9-11(12-3-1-8-21-12)18-7-2-6-16-18/h1-3,6-8,10-11H,4-5,9H2,(H,15,19)(H,17,20). The summed E-state index contributed by atoms with van der Waals surface area (Å²) in [5, 5.41) is 11.6. The van der Waals surface area contributed by atoms with E-state index in [4.69, 9.17) is 0 Å². The van der Waals surface area contributed by atoms with Crippen LogP contribution < -0.4 is 10.6 Å². The molecule has 6 nitrogen and oxygen atoms in total. The van der Waals surface area contributed by atoms with Gasteiger partial charge in [-0.1, -0.05) is 6.07 Å². The molecular formula is C14H16N4O2S. The van der Waals surface area contributed by atoms with Gasteiger partial charge in [0.25, 0.3) is 0 Å². The Morgan fingerprint density at radius 3 is 2.86 bits per heavy atom. The van der Waals surface area contributed by atoms with Crippen LogP contribution in [0.1, 0.15) is 23.8 Å². The Morgan fingerprint density at radius 2 is 2.24 bits per heavy atom. The second-order valence-corrected chi connectivity index (χ2v) is 5.95. The summed E-state index contributed by atoms with van der Waals surface area (Å²) < 4.78 is 1.78. The topological polar surface area (TPSA) is 76.0 Å². The monoisotopic (exact) mass is 304 g/mol. The van der Waals surface area contributed by atoms with Crippen LogP contribution in [-0.2, 0) is 9.59 Å². The van der Waals surface area contributed by atoms with Crippen LogP contribution in [0.25, 0.3) is 0 Å². The normalized spacial score (nSPS) is 15.4. The number of carbonyl (C=O) groups is 2. The summed E-state index contributed by atoms with van der Waals surface area (Å²) in [6.45, 7) is 0.332. The Labute approximate surface area is 126 Å². The first-order chi connectivity index (χ1) is 10.2. The number of nitrogens with one attached hydrogen (secondary N) is 2. The van der Waals surface area contributed by atoms with Crippen molar-refractivity contribution in [3.63, 3.8) is 0 Å². The largest absolute Gasteiger partial charge is 0.345 e. The number of amides is 2. The third-order valence-corrected chi connectivity index (χ3v) is 4.26. The molecule has 1 aliphatic rings. The molecule has 0 saturated heterocycles. The van der Waals surface area contributed by atoms with Crippen molar-refractivity contribution in [1.82, 2.24) is 20.4 Å². The second kappa shape index (κ2) is 6.09. The van der Waals surface area contributed by atoms with Crippen LogP contribution in [-0.4, -0.2) is 34.2 Å². The summed E-state index contributed by atoms with van der Waals surface area (Å²) in [6.07, 6.45) is 5.47. The van der Waals surface area contributed by atoms with Crippen LogP contribution in [0.15, 0.2) is 36.0 Å². The molecule has 21 heavy (non-hydrogen) atoms. The predicted octanol–water partition coefficient (Wildman–Crippen LogP) is 0.929. The lowest BCUT2D eigenvalue weighted by Crippen LogP contribution is -2.42. The molecule has 2 aromatic heterocycles. The quantitative estimate of drug-likeness (QED) is 0.807. The zero-order valence-electron chi connectivity index (χ0n) is 11.4. The van der Waals surface area contributed by atoms with Gasteiger partial charge in [0.15, 0.2) is 0 Å². The number of carbonyl (C=O) groups excluding carboxylic acids is 2. The highest BCUT2D eigenvalue weighted by Gasteiger charge is 2.27. The summed E-state index contributed by atoms with van der Waals surface area (Å²) in [7, 11) is 0. The molecule has 7 heteroatoms. The molecule has 2 heterocycles. The first kappa shape index (κ1) is 13.8. The smallest absolute Gasteiger partial charge is 0.309 e. The molecule has 0 radical (unpaired) electrons. The van der Waals surface area contributed by atoms with E-state index in [0.717, 1.165) is 17.7 Å². The summed E-state index contributed by atoms with van der Waals surface area (Å²) in [5.74, 6) is -1.14. The van der Waals surface area contributed by atoms with Crippen molar-refractivity contribution in [2.75, 3.05) is 6.54 Å². The highest BCUT2D eigenvalue weighted by molar-refractivity contribution is 7.10. The number of hydrogen-bond acceptors (Lipinski definition) is 4. The highest BCUT2D eigenvalue weighted by atomic mass is 32.1. The van der Waals surface area contributed by atoms with Crippen LogP contribution in [0.5, 0.6) is 0 Å². The summed E-state index contributed by atoms with van der Waals surface area (Å²) in [5.41, 5.74) is 0. The fraction of sp³-hybridized carbons (Fsp3) is 0.357. The molecule has 1 aliphatic carbocycles. The Kier molecular flexibility index (Phi) is 4.01. The maximum Gasteiger partial charge on any atom is 0.309 e. The fourth-order valence-electron chi connectivity index (χ4n) is 2.02. The molecule has 2 aromatic rings. The molecule has 0 aliphatic heterocycles. The zero-order valence-corrected chi connectivity index (χ0v) is 12.2. The van der Waals surface area contributed by atoms with E-state index in [-0.39, 0.29) is 12.1 Å². The SMILES string of the molecule is O=C(NCC(c1cccs1)n1cccn1)C(=O)NC1CC1. The first-order valence-corrected chi connectivity index (χ1v) is 7.73. The van der Waals surface area contributed by atoms with Crippen molar-refractivity contribution < 1.29 is 9.59 Å². The molecule has 1 atom stereocenters. The molecule has 110 valence electrons. The van der Waals surface area contributed by atoms with Crippen LogP contribution in [0.3, 0.4) is 0 Å². The van der Waals surface area contributed by atoms with E-state index >= 15 is 0 Å². The van der Waals surface area contributed by atoms with Crippen molar-refractivity contribution in [3.8, 4) is 0 Å². The van der Waals surface area contributed by atoms with Crippen molar-refractivity contribution in [1.29, 1.82) is 0 Å².